The molecule has 2 heteroatoms. The molecule has 5 aromatic carbocycles. The molecule has 0 N–H and O–H groups in total. The van der Waals surface area contributed by atoms with Gasteiger partial charge in [-0.3, -0.25) is 9.59 Å². The third-order valence-corrected chi connectivity index (χ3v) is 5.56. The van der Waals surface area contributed by atoms with Crippen LogP contribution in [0.5, 0.6) is 0 Å². The predicted octanol–water partition coefficient (Wildman–Crippen LogP) is 6.95. The highest BCUT2D eigenvalue weighted by Gasteiger charge is 2.05. The average molecular weight is 386 g/mol. The molecule has 5 rings (SSSR count). The third-order valence-electron chi connectivity index (χ3n) is 5.56. The molecule has 0 aromatic heterocycles. The second kappa shape index (κ2) is 7.41. The summed E-state index contributed by atoms with van der Waals surface area (Å²) in [5, 5.41) is 4.73. The highest BCUT2D eigenvalue weighted by molar-refractivity contribution is 6.01. The van der Waals surface area contributed by atoms with Crippen molar-refractivity contribution in [3.63, 3.8) is 0 Å². The van der Waals surface area contributed by atoms with Gasteiger partial charge in [0.05, 0.1) is 0 Å². The van der Waals surface area contributed by atoms with E-state index in [1.165, 1.54) is 21.5 Å². The van der Waals surface area contributed by atoms with Crippen LogP contribution in [0.1, 0.15) is 20.7 Å². The molecule has 0 heterocycles. The highest BCUT2D eigenvalue weighted by Crippen LogP contribution is 2.31. The summed E-state index contributed by atoms with van der Waals surface area (Å²) in [6, 6.07) is 32.6. The number of hydrogen-bond acceptors (Lipinski definition) is 2. The van der Waals surface area contributed by atoms with Crippen LogP contribution in [-0.2, 0) is 0 Å². The lowest BCUT2D eigenvalue weighted by Gasteiger charge is -2.08. The van der Waals surface area contributed by atoms with E-state index in [0.29, 0.717) is 11.1 Å². The fraction of sp³-hybridized carbons (Fsp3) is 0. The van der Waals surface area contributed by atoms with Crippen molar-refractivity contribution in [2.24, 2.45) is 0 Å². The van der Waals surface area contributed by atoms with E-state index >= 15 is 0 Å². The molecule has 0 unspecified atom stereocenters. The number of fused-ring (bicyclic) bond motifs is 2. The number of rotatable bonds is 4. The molecule has 0 aliphatic carbocycles. The summed E-state index contributed by atoms with van der Waals surface area (Å²) in [7, 11) is 0. The van der Waals surface area contributed by atoms with Crippen LogP contribution in [0.25, 0.3) is 43.8 Å². The van der Waals surface area contributed by atoms with Crippen molar-refractivity contribution >= 4 is 34.1 Å². The molecule has 5 aromatic rings. The van der Waals surface area contributed by atoms with Gasteiger partial charge in [-0.05, 0) is 68.1 Å². The number of carbonyl (C=O) groups excluding carboxylic acids is 2. The van der Waals surface area contributed by atoms with Crippen molar-refractivity contribution in [2.75, 3.05) is 0 Å². The molecule has 0 spiro atoms. The Balaban J connectivity index is 1.56. The fourth-order valence-electron chi connectivity index (χ4n) is 3.86. The van der Waals surface area contributed by atoms with Gasteiger partial charge in [-0.25, -0.2) is 0 Å². The maximum absolute atomic E-state index is 10.9. The Morgan fingerprint density at radius 3 is 1.10 bits per heavy atom. The molecule has 0 saturated heterocycles. The van der Waals surface area contributed by atoms with E-state index in [2.05, 4.69) is 48.5 Å². The summed E-state index contributed by atoms with van der Waals surface area (Å²) in [5.41, 5.74) is 5.81. The molecule has 2 nitrogen and oxygen atoms in total. The third kappa shape index (κ3) is 3.29. The van der Waals surface area contributed by atoms with Crippen LogP contribution >= 0.6 is 0 Å². The Morgan fingerprint density at radius 1 is 0.367 bits per heavy atom. The van der Waals surface area contributed by atoms with Crippen LogP contribution in [0.3, 0.4) is 0 Å². The van der Waals surface area contributed by atoms with Gasteiger partial charge in [0.1, 0.15) is 12.6 Å². The summed E-state index contributed by atoms with van der Waals surface area (Å²) in [6.07, 6.45) is 1.72. The Kier molecular flexibility index (Phi) is 4.45. The molecule has 0 radical (unpaired) electrons. The van der Waals surface area contributed by atoms with Crippen LogP contribution in [0.15, 0.2) is 97.1 Å². The van der Waals surface area contributed by atoms with Gasteiger partial charge < -0.3 is 0 Å². The van der Waals surface area contributed by atoms with E-state index in [1.807, 2.05) is 48.5 Å². The maximum atomic E-state index is 10.9. The predicted molar refractivity (Wildman–Crippen MR) is 123 cm³/mol. The largest absolute Gasteiger partial charge is 0.298 e. The lowest BCUT2D eigenvalue weighted by molar-refractivity contribution is 0.111. The number of hydrogen-bond donors (Lipinski definition) is 0. The van der Waals surface area contributed by atoms with E-state index in [1.54, 1.807) is 0 Å². The first kappa shape index (κ1) is 18.0. The minimum atomic E-state index is 0.683. The van der Waals surface area contributed by atoms with Crippen LogP contribution in [0.2, 0.25) is 0 Å². The first-order chi connectivity index (χ1) is 14.7. The van der Waals surface area contributed by atoms with E-state index in [0.717, 1.165) is 34.8 Å². The quantitative estimate of drug-likeness (QED) is 0.247. The Morgan fingerprint density at radius 2 is 0.733 bits per heavy atom. The first-order valence-corrected chi connectivity index (χ1v) is 9.82. The topological polar surface area (TPSA) is 34.1 Å². The van der Waals surface area contributed by atoms with Crippen molar-refractivity contribution in [3.8, 4) is 22.3 Å². The monoisotopic (exact) mass is 386 g/mol. The molecular formula is C28H18O2. The van der Waals surface area contributed by atoms with Gasteiger partial charge >= 0.3 is 0 Å². The van der Waals surface area contributed by atoms with Crippen molar-refractivity contribution in [1.29, 1.82) is 0 Å². The van der Waals surface area contributed by atoms with Crippen LogP contribution in [0, 0.1) is 0 Å². The molecule has 0 atom stereocenters. The molecule has 0 amide bonds. The van der Waals surface area contributed by atoms with Crippen LogP contribution < -0.4 is 0 Å². The lowest BCUT2D eigenvalue weighted by Crippen LogP contribution is -1.84. The van der Waals surface area contributed by atoms with Crippen LogP contribution in [0.4, 0.5) is 0 Å². The summed E-state index contributed by atoms with van der Waals surface area (Å²) in [5.74, 6) is 0. The summed E-state index contributed by atoms with van der Waals surface area (Å²) in [4.78, 5) is 21.8. The summed E-state index contributed by atoms with van der Waals surface area (Å²) >= 11 is 0. The van der Waals surface area contributed by atoms with E-state index in [4.69, 9.17) is 0 Å². The van der Waals surface area contributed by atoms with Crippen molar-refractivity contribution in [1.82, 2.24) is 0 Å². The minimum Gasteiger partial charge on any atom is -0.298 e. The van der Waals surface area contributed by atoms with Crippen LogP contribution in [-0.4, -0.2) is 12.6 Å². The average Bonchev–Trinajstić information content (AvgIpc) is 2.82. The van der Waals surface area contributed by atoms with Gasteiger partial charge in [-0.1, -0.05) is 72.8 Å². The summed E-state index contributed by atoms with van der Waals surface area (Å²) < 4.78 is 0. The molecule has 0 bridgehead atoms. The second-order valence-corrected chi connectivity index (χ2v) is 7.46. The number of aldehydes is 2. The van der Waals surface area contributed by atoms with Gasteiger partial charge in [-0.15, -0.1) is 0 Å². The molecule has 0 saturated carbocycles. The standard InChI is InChI=1S/C28H18O2/c29-17-19-1-5-21(6-2-19)23-9-11-25-16-28-14-24(10-12-26(28)15-27(25)13-23)22-7-3-20(18-30)4-8-22/h1-18H. The molecule has 0 fully saturated rings. The zero-order valence-corrected chi connectivity index (χ0v) is 16.2. The van der Waals surface area contributed by atoms with E-state index < -0.39 is 0 Å². The minimum absolute atomic E-state index is 0.683. The SMILES string of the molecule is O=Cc1ccc(-c2ccc3cc4cc(-c5ccc(C=O)cc5)ccc4cc3c2)cc1. The van der Waals surface area contributed by atoms with Crippen molar-refractivity contribution in [3.05, 3.63) is 108 Å². The Labute approximate surface area is 174 Å². The number of carbonyl (C=O) groups is 2. The fourth-order valence-corrected chi connectivity index (χ4v) is 3.86. The zero-order valence-electron chi connectivity index (χ0n) is 16.2. The Hall–Kier alpha value is -4.04. The van der Waals surface area contributed by atoms with Gasteiger partial charge in [0.25, 0.3) is 0 Å². The van der Waals surface area contributed by atoms with Crippen molar-refractivity contribution < 1.29 is 9.59 Å². The zero-order chi connectivity index (χ0) is 20.5. The summed E-state index contributed by atoms with van der Waals surface area (Å²) in [6.45, 7) is 0. The maximum Gasteiger partial charge on any atom is 0.150 e. The smallest absolute Gasteiger partial charge is 0.150 e. The molecule has 30 heavy (non-hydrogen) atoms. The normalized spacial score (nSPS) is 10.9. The molecule has 142 valence electrons. The first-order valence-electron chi connectivity index (χ1n) is 9.82. The van der Waals surface area contributed by atoms with Gasteiger partial charge in [-0.2, -0.15) is 0 Å². The second-order valence-electron chi connectivity index (χ2n) is 7.46. The highest BCUT2D eigenvalue weighted by atomic mass is 16.1. The van der Waals surface area contributed by atoms with E-state index in [-0.39, 0.29) is 0 Å². The molecular weight excluding hydrogens is 368 g/mol. The number of benzene rings is 5. The van der Waals surface area contributed by atoms with Gasteiger partial charge in [0.15, 0.2) is 0 Å². The molecule has 0 aliphatic rings. The van der Waals surface area contributed by atoms with E-state index in [9.17, 15) is 9.59 Å². The van der Waals surface area contributed by atoms with Gasteiger partial charge in [0, 0.05) is 11.1 Å². The lowest BCUT2D eigenvalue weighted by atomic mass is 9.96. The van der Waals surface area contributed by atoms with Crippen molar-refractivity contribution in [2.45, 2.75) is 0 Å². The Bertz CT molecular complexity index is 1280. The van der Waals surface area contributed by atoms with Gasteiger partial charge in [0.2, 0.25) is 0 Å². The molecule has 0 aliphatic heterocycles.